The number of para-hydroxylation sites is 2. The highest BCUT2D eigenvalue weighted by Gasteiger charge is 2.53. The number of methoxy groups -OCH3 is 3. The van der Waals surface area contributed by atoms with Crippen molar-refractivity contribution in [3.63, 3.8) is 0 Å². The quantitative estimate of drug-likeness (QED) is 0.0727. The maximum atomic E-state index is 13.5. The number of aromatic hydroxyl groups is 2. The van der Waals surface area contributed by atoms with Gasteiger partial charge in [0.15, 0.2) is 18.3 Å². The van der Waals surface area contributed by atoms with E-state index in [2.05, 4.69) is 16.3 Å². The molecule has 0 saturated heterocycles. The number of benzene rings is 6. The second kappa shape index (κ2) is 28.9. The molecule has 6 aromatic carbocycles. The molecule has 2 aliphatic carbocycles. The Hall–Kier alpha value is -4.78. The molecule has 6 aromatic rings. The van der Waals surface area contributed by atoms with Crippen molar-refractivity contribution in [1.82, 2.24) is 5.32 Å². The number of carboxylic acid groups (broad SMARTS) is 1. The van der Waals surface area contributed by atoms with E-state index in [-0.39, 0.29) is 71.6 Å². The zero-order chi connectivity index (χ0) is 56.9. The van der Waals surface area contributed by atoms with Crippen LogP contribution in [0.2, 0.25) is 50.2 Å². The fourth-order valence-corrected chi connectivity index (χ4v) is 9.75. The summed E-state index contributed by atoms with van der Waals surface area (Å²) in [6.07, 6.45) is 5.09. The third kappa shape index (κ3) is 15.5. The molecule has 3 aliphatic rings. The van der Waals surface area contributed by atoms with Crippen LogP contribution in [0.25, 0.3) is 0 Å². The number of phenolic OH excluding ortho intramolecular Hbond substituents is 2. The number of anilines is 2. The van der Waals surface area contributed by atoms with Gasteiger partial charge in [-0.3, -0.25) is 19.7 Å². The third-order valence-electron chi connectivity index (χ3n) is 11.9. The van der Waals surface area contributed by atoms with Crippen LogP contribution < -0.4 is 29.3 Å². The minimum Gasteiger partial charge on any atom is -0.506 e. The van der Waals surface area contributed by atoms with E-state index < -0.39 is 11.5 Å². The van der Waals surface area contributed by atoms with E-state index in [0.29, 0.717) is 79.4 Å². The molecule has 1 heterocycles. The Labute approximate surface area is 493 Å². The highest BCUT2D eigenvalue weighted by molar-refractivity contribution is 6.38. The number of ether oxygens (including phenoxy) is 3. The maximum Gasteiger partial charge on any atom is 0.341 e. The number of carbonyl (C=O) groups excluding carboxylic acids is 3. The number of rotatable bonds is 12. The molecule has 1 amide bonds. The van der Waals surface area contributed by atoms with Crippen molar-refractivity contribution in [2.45, 2.75) is 50.4 Å². The fourth-order valence-electron chi connectivity index (χ4n) is 7.63. The number of carbonyl (C=O) groups is 4. The minimum atomic E-state index is -1.16. The van der Waals surface area contributed by atoms with Crippen LogP contribution in [-0.4, -0.2) is 90.9 Å². The number of aromatic carboxylic acids is 1. The number of nitrogens with one attached hydrogen (secondary N) is 1. The summed E-state index contributed by atoms with van der Waals surface area (Å²) in [5.74, 6) is -0.526. The van der Waals surface area contributed by atoms with Crippen LogP contribution in [0, 0.1) is 0 Å². The number of aldehydes is 2. The van der Waals surface area contributed by atoms with Crippen molar-refractivity contribution in [2.75, 3.05) is 44.2 Å². The molecule has 0 unspecified atom stereocenters. The molecule has 0 spiro atoms. The molecular weight excluding hydrogens is 1210 g/mol. The van der Waals surface area contributed by atoms with Gasteiger partial charge in [0.2, 0.25) is 5.91 Å². The molecule has 410 valence electrons. The van der Waals surface area contributed by atoms with Crippen molar-refractivity contribution in [3.05, 3.63) is 163 Å². The summed E-state index contributed by atoms with van der Waals surface area (Å²) in [5.41, 5.74) is 2.78. The highest BCUT2D eigenvalue weighted by Crippen LogP contribution is 2.45. The average Bonchev–Trinajstić information content (AvgIpc) is 4.42. The molecule has 24 heteroatoms. The Morgan fingerprint density at radius 3 is 1.49 bits per heavy atom. The number of halogens is 10. The maximum absolute atomic E-state index is 13.5. The molecule has 1 aliphatic heterocycles. The van der Waals surface area contributed by atoms with Gasteiger partial charge in [0.1, 0.15) is 28.6 Å². The molecule has 9 rings (SSSR count). The number of aliphatic hydroxyl groups excluding tert-OH is 1. The van der Waals surface area contributed by atoms with E-state index >= 15 is 0 Å². The van der Waals surface area contributed by atoms with Crippen LogP contribution in [0.5, 0.6) is 28.7 Å². The first-order chi connectivity index (χ1) is 36.6. The standard InChI is InChI=1S/C22H23Cl2N3O2.C8H6Cl2O3.C8H8Cl2O2.C8H6Cl2O2.C7H4Cl2O2/c23-16-7-8-17(24)20(28)15(16)13-25-22(9-10-22)21(29)27-12-11-26(14-5-6-14)18-3-1-2-4-19(18)27;1-13-7-5(10)3-2-4(9)6(7)8(11)12;2*1-12-8-5(4-11)6(9)2-3-7(8)10;8-5-1-2-6(9)7(11)4(5)3-10/h1-4,7-8,14,25,28H,5-6,9-13H2;2-3H,1H3,(H,11,12);2-3,11H,4H2,1H3;2-4H,1H3;1-3,11H. The molecule has 0 atom stereocenters. The largest absolute Gasteiger partial charge is 0.506 e. The molecular formula is C53H47Cl10N3O11. The van der Waals surface area contributed by atoms with E-state index in [1.54, 1.807) is 36.4 Å². The van der Waals surface area contributed by atoms with E-state index in [9.17, 15) is 24.3 Å². The van der Waals surface area contributed by atoms with E-state index in [4.69, 9.17) is 146 Å². The molecule has 14 nitrogen and oxygen atoms in total. The number of fused-ring (bicyclic) bond motifs is 1. The molecule has 0 aromatic heterocycles. The van der Waals surface area contributed by atoms with Crippen LogP contribution >= 0.6 is 116 Å². The lowest BCUT2D eigenvalue weighted by Gasteiger charge is -2.39. The van der Waals surface area contributed by atoms with Gasteiger partial charge in [-0.05, 0) is 98.5 Å². The van der Waals surface area contributed by atoms with Crippen molar-refractivity contribution in [3.8, 4) is 28.7 Å². The summed E-state index contributed by atoms with van der Waals surface area (Å²) in [6, 6.07) is 24.2. The van der Waals surface area contributed by atoms with E-state index in [1.807, 2.05) is 23.1 Å². The summed E-state index contributed by atoms with van der Waals surface area (Å²) >= 11 is 57.7. The third-order valence-corrected chi connectivity index (χ3v) is 15.0. The Morgan fingerprint density at radius 1 is 0.584 bits per heavy atom. The topological polar surface area (TPSA) is 195 Å². The molecule has 77 heavy (non-hydrogen) atoms. The number of phenols is 2. The fraction of sp³-hybridized carbons (Fsp3) is 0.245. The van der Waals surface area contributed by atoms with Crippen LogP contribution in [-0.2, 0) is 17.9 Å². The van der Waals surface area contributed by atoms with Crippen molar-refractivity contribution in [1.29, 1.82) is 0 Å². The summed E-state index contributed by atoms with van der Waals surface area (Å²) in [6.45, 7) is 1.67. The Kier molecular flexibility index (Phi) is 23.7. The zero-order valence-electron chi connectivity index (χ0n) is 40.8. The van der Waals surface area contributed by atoms with E-state index in [0.717, 1.165) is 30.8 Å². The van der Waals surface area contributed by atoms with Gasteiger partial charge in [0, 0.05) is 46.8 Å². The summed E-state index contributed by atoms with van der Waals surface area (Å²) in [4.78, 5) is 49.4. The number of nitrogens with zero attached hydrogens (tertiary/aromatic N) is 2. The number of carboxylic acids is 1. The molecule has 0 bridgehead atoms. The number of hydrogen-bond acceptors (Lipinski definition) is 12. The van der Waals surface area contributed by atoms with Crippen LogP contribution in [0.4, 0.5) is 11.4 Å². The van der Waals surface area contributed by atoms with Gasteiger partial charge in [-0.15, -0.1) is 0 Å². The molecule has 2 saturated carbocycles. The van der Waals surface area contributed by atoms with Gasteiger partial charge in [-0.25, -0.2) is 4.79 Å². The Morgan fingerprint density at radius 2 is 1.04 bits per heavy atom. The number of hydrogen-bond donors (Lipinski definition) is 5. The smallest absolute Gasteiger partial charge is 0.341 e. The van der Waals surface area contributed by atoms with Crippen molar-refractivity contribution >= 4 is 152 Å². The summed E-state index contributed by atoms with van der Waals surface area (Å²) in [7, 11) is 4.26. The van der Waals surface area contributed by atoms with Gasteiger partial charge >= 0.3 is 5.97 Å². The molecule has 5 N–H and O–H groups in total. The van der Waals surface area contributed by atoms with Gasteiger partial charge in [0.05, 0.1) is 96.2 Å². The second-order valence-corrected chi connectivity index (χ2v) is 20.7. The number of amides is 1. The lowest BCUT2D eigenvalue weighted by Crippen LogP contribution is -2.53. The normalized spacial score (nSPS) is 13.5. The predicted octanol–water partition coefficient (Wildman–Crippen LogP) is 14.9. The van der Waals surface area contributed by atoms with Crippen LogP contribution in [0.15, 0.2) is 84.9 Å². The first-order valence-electron chi connectivity index (χ1n) is 22.7. The van der Waals surface area contributed by atoms with Crippen molar-refractivity contribution < 1.29 is 53.8 Å². The summed E-state index contributed by atoms with van der Waals surface area (Å²) < 4.78 is 14.7. The average molecular weight is 1260 g/mol. The second-order valence-electron chi connectivity index (χ2n) is 16.6. The van der Waals surface area contributed by atoms with Gasteiger partial charge in [-0.1, -0.05) is 128 Å². The van der Waals surface area contributed by atoms with Crippen LogP contribution in [0.1, 0.15) is 67.9 Å². The lowest BCUT2D eigenvalue weighted by molar-refractivity contribution is -0.121. The predicted molar refractivity (Wildman–Crippen MR) is 307 cm³/mol. The molecule has 2 fully saturated rings. The minimum absolute atomic E-state index is 0.0270. The first kappa shape index (κ1) is 63.1. The van der Waals surface area contributed by atoms with Crippen LogP contribution in [0.3, 0.4) is 0 Å². The Bertz CT molecular complexity index is 3100. The summed E-state index contributed by atoms with van der Waals surface area (Å²) in [5, 5.41) is 43.4. The highest BCUT2D eigenvalue weighted by atomic mass is 35.5. The SMILES string of the molecule is COc1c(Cl)ccc(Cl)c1C(=O)O.COc1c(Cl)ccc(Cl)c1C=O.COc1c(Cl)ccc(Cl)c1CO.O=C(N1CCN(C2CC2)c2ccccc21)C1(NCc2c(Cl)ccc(Cl)c2O)CC1.O=Cc1c(Cl)ccc(Cl)c1O. The van der Waals surface area contributed by atoms with Gasteiger partial charge < -0.3 is 44.4 Å². The monoisotopic (exact) mass is 1250 g/mol. The van der Waals surface area contributed by atoms with Crippen molar-refractivity contribution in [2.24, 2.45) is 0 Å². The first-order valence-corrected chi connectivity index (χ1v) is 26.5. The molecule has 0 radical (unpaired) electrons. The zero-order valence-corrected chi connectivity index (χ0v) is 48.4. The number of aliphatic hydroxyl groups is 1. The van der Waals surface area contributed by atoms with Gasteiger partial charge in [0.25, 0.3) is 0 Å². The van der Waals surface area contributed by atoms with E-state index in [1.165, 1.54) is 58.4 Å². The lowest BCUT2D eigenvalue weighted by atomic mass is 10.1. The Balaban J connectivity index is 0.000000193. The van der Waals surface area contributed by atoms with Gasteiger partial charge in [-0.2, -0.15) is 0 Å².